The predicted octanol–water partition coefficient (Wildman–Crippen LogP) is 5.54. The van der Waals surface area contributed by atoms with E-state index in [-0.39, 0.29) is 18.2 Å². The monoisotopic (exact) mass is 386 g/mol. The third-order valence-electron chi connectivity index (χ3n) is 5.00. The van der Waals surface area contributed by atoms with Gasteiger partial charge >= 0.3 is 5.97 Å². The molecule has 0 aliphatic heterocycles. The van der Waals surface area contributed by atoms with Gasteiger partial charge in [-0.25, -0.2) is 4.85 Å². The minimum Gasteiger partial charge on any atom is -0.481 e. The van der Waals surface area contributed by atoms with E-state index in [9.17, 15) is 9.59 Å². The fraction of sp³-hybridized carbons (Fsp3) is 0.208. The quantitative estimate of drug-likeness (QED) is 0.524. The number of aryl methyl sites for hydroxylation is 1. The van der Waals surface area contributed by atoms with Gasteiger partial charge in [-0.05, 0) is 47.7 Å². The average molecular weight is 386 g/mol. The molecule has 29 heavy (non-hydrogen) atoms. The minimum absolute atomic E-state index is 0.0599. The molecule has 3 aromatic carbocycles. The van der Waals surface area contributed by atoms with E-state index in [1.807, 2.05) is 49.4 Å². The lowest BCUT2D eigenvalue weighted by atomic mass is 9.94. The van der Waals surface area contributed by atoms with Crippen LogP contribution in [0.1, 0.15) is 36.8 Å². The number of rotatable bonds is 7. The number of fused-ring (bicyclic) bond motifs is 1. The Bertz CT molecular complexity index is 1090. The highest BCUT2D eigenvalue weighted by molar-refractivity contribution is 6.00. The fourth-order valence-electron chi connectivity index (χ4n) is 3.41. The van der Waals surface area contributed by atoms with Gasteiger partial charge in [0.15, 0.2) is 5.69 Å². The second-order valence-corrected chi connectivity index (χ2v) is 6.98. The molecule has 2 N–H and O–H groups in total. The smallest absolute Gasteiger partial charge is 0.303 e. The number of nitrogens with one attached hydrogen (secondary N) is 1. The third kappa shape index (κ3) is 4.80. The molecule has 0 aliphatic carbocycles. The van der Waals surface area contributed by atoms with E-state index in [1.54, 1.807) is 18.2 Å². The Labute approximate surface area is 169 Å². The Morgan fingerprint density at radius 1 is 1.10 bits per heavy atom. The number of hydrogen-bond donors (Lipinski definition) is 2. The van der Waals surface area contributed by atoms with Gasteiger partial charge in [-0.3, -0.25) is 9.59 Å². The number of carbonyl (C=O) groups is 2. The van der Waals surface area contributed by atoms with Gasteiger partial charge in [0.1, 0.15) is 0 Å². The van der Waals surface area contributed by atoms with Crippen LogP contribution in [0, 0.1) is 6.57 Å². The molecule has 0 saturated heterocycles. The van der Waals surface area contributed by atoms with Crippen LogP contribution in [0.2, 0.25) is 0 Å². The maximum atomic E-state index is 13.0. The summed E-state index contributed by atoms with van der Waals surface area (Å²) in [6.07, 6.45) is 1.04. The van der Waals surface area contributed by atoms with Crippen LogP contribution in [0.25, 0.3) is 15.6 Å². The summed E-state index contributed by atoms with van der Waals surface area (Å²) in [7, 11) is 0. The zero-order chi connectivity index (χ0) is 20.8. The molecule has 0 radical (unpaired) electrons. The molecule has 3 rings (SSSR count). The number of carbonyl (C=O) groups excluding carboxylic acids is 1. The minimum atomic E-state index is -0.849. The van der Waals surface area contributed by atoms with Gasteiger partial charge in [-0.2, -0.15) is 0 Å². The molecule has 0 heterocycles. The first-order valence-corrected chi connectivity index (χ1v) is 9.50. The van der Waals surface area contributed by atoms with Crippen LogP contribution in [-0.2, 0) is 16.0 Å². The first-order chi connectivity index (χ1) is 14.0. The van der Waals surface area contributed by atoms with Crippen LogP contribution in [-0.4, -0.2) is 17.0 Å². The topological polar surface area (TPSA) is 70.8 Å². The van der Waals surface area contributed by atoms with Crippen molar-refractivity contribution in [2.45, 2.75) is 32.1 Å². The molecular weight excluding hydrogens is 364 g/mol. The summed E-state index contributed by atoms with van der Waals surface area (Å²) >= 11 is 0. The van der Waals surface area contributed by atoms with Gasteiger partial charge in [0.2, 0.25) is 5.91 Å². The van der Waals surface area contributed by atoms with Crippen LogP contribution in [0.15, 0.2) is 60.7 Å². The predicted molar refractivity (Wildman–Crippen MR) is 114 cm³/mol. The first-order valence-electron chi connectivity index (χ1n) is 9.50. The third-order valence-corrected chi connectivity index (χ3v) is 5.00. The molecule has 146 valence electrons. The van der Waals surface area contributed by atoms with Crippen LogP contribution >= 0.6 is 0 Å². The Morgan fingerprint density at radius 3 is 2.62 bits per heavy atom. The summed E-state index contributed by atoms with van der Waals surface area (Å²) in [6.45, 7) is 9.09. The van der Waals surface area contributed by atoms with Crippen molar-refractivity contribution in [3.05, 3.63) is 83.2 Å². The standard InChI is InChI=1S/C24H22N2O3/c1-16(20-11-5-8-17-7-3-4-10-21(17)20)24(29)26-22-15-19(25-2)14-13-18(22)9-6-12-23(27)28/h3-5,7-8,10-11,13-16H,6,9,12H2,1H3,(H,26,29)(H,27,28). The normalized spacial score (nSPS) is 11.6. The van der Waals surface area contributed by atoms with E-state index in [4.69, 9.17) is 11.7 Å². The molecule has 0 fully saturated rings. The zero-order valence-electron chi connectivity index (χ0n) is 16.2. The Kier molecular flexibility index (Phi) is 6.25. The lowest BCUT2D eigenvalue weighted by molar-refractivity contribution is -0.137. The van der Waals surface area contributed by atoms with E-state index in [2.05, 4.69) is 10.2 Å². The largest absolute Gasteiger partial charge is 0.481 e. The summed E-state index contributed by atoms with van der Waals surface area (Å²) in [4.78, 5) is 27.2. The molecule has 5 nitrogen and oxygen atoms in total. The molecule has 0 aliphatic rings. The Hall–Kier alpha value is -3.65. The fourth-order valence-corrected chi connectivity index (χ4v) is 3.41. The summed E-state index contributed by atoms with van der Waals surface area (Å²) in [5.41, 5.74) is 2.77. The molecule has 1 amide bonds. The highest BCUT2D eigenvalue weighted by Gasteiger charge is 2.19. The highest BCUT2D eigenvalue weighted by Crippen LogP contribution is 2.29. The first kappa shape index (κ1) is 20.1. The molecular formula is C24H22N2O3. The van der Waals surface area contributed by atoms with E-state index in [0.717, 1.165) is 21.9 Å². The highest BCUT2D eigenvalue weighted by atomic mass is 16.4. The van der Waals surface area contributed by atoms with Crippen molar-refractivity contribution in [2.24, 2.45) is 0 Å². The Morgan fingerprint density at radius 2 is 1.86 bits per heavy atom. The van der Waals surface area contributed by atoms with Gasteiger partial charge < -0.3 is 10.4 Å². The maximum Gasteiger partial charge on any atom is 0.303 e. The van der Waals surface area contributed by atoms with Crippen molar-refractivity contribution in [1.82, 2.24) is 0 Å². The number of amides is 1. The number of benzene rings is 3. The molecule has 5 heteroatoms. The second-order valence-electron chi connectivity index (χ2n) is 6.98. The Balaban J connectivity index is 1.85. The van der Waals surface area contributed by atoms with Crippen LogP contribution in [0.4, 0.5) is 11.4 Å². The van der Waals surface area contributed by atoms with E-state index in [1.165, 1.54) is 0 Å². The van der Waals surface area contributed by atoms with E-state index >= 15 is 0 Å². The molecule has 0 bridgehead atoms. The van der Waals surface area contributed by atoms with Crippen LogP contribution in [0.5, 0.6) is 0 Å². The number of anilines is 1. The lowest BCUT2D eigenvalue weighted by Crippen LogP contribution is -2.20. The van der Waals surface area contributed by atoms with Gasteiger partial charge in [0, 0.05) is 12.1 Å². The number of aliphatic carboxylic acids is 1. The van der Waals surface area contributed by atoms with Gasteiger partial charge in [-0.1, -0.05) is 54.6 Å². The molecule has 1 atom stereocenters. The number of carboxylic acid groups (broad SMARTS) is 1. The number of nitrogens with zero attached hydrogens (tertiary/aromatic N) is 1. The van der Waals surface area contributed by atoms with Crippen LogP contribution < -0.4 is 5.32 Å². The summed E-state index contributed by atoms with van der Waals surface area (Å²) in [5, 5.41) is 13.9. The summed E-state index contributed by atoms with van der Waals surface area (Å²) in [5.74, 6) is -1.40. The van der Waals surface area contributed by atoms with E-state index < -0.39 is 5.97 Å². The van der Waals surface area contributed by atoms with Crippen molar-refractivity contribution in [2.75, 3.05) is 5.32 Å². The summed E-state index contributed by atoms with van der Waals surface area (Å²) in [6, 6.07) is 19.0. The van der Waals surface area contributed by atoms with Crippen molar-refractivity contribution < 1.29 is 14.7 Å². The summed E-state index contributed by atoms with van der Waals surface area (Å²) < 4.78 is 0. The molecule has 0 aromatic heterocycles. The molecule has 1 unspecified atom stereocenters. The lowest BCUT2D eigenvalue weighted by Gasteiger charge is -2.17. The zero-order valence-corrected chi connectivity index (χ0v) is 16.2. The average Bonchev–Trinajstić information content (AvgIpc) is 2.73. The van der Waals surface area contributed by atoms with Crippen molar-refractivity contribution in [1.29, 1.82) is 0 Å². The van der Waals surface area contributed by atoms with Crippen LogP contribution in [0.3, 0.4) is 0 Å². The van der Waals surface area contributed by atoms with Gasteiger partial charge in [-0.15, -0.1) is 0 Å². The molecule has 0 spiro atoms. The number of carboxylic acids is 1. The second kappa shape index (κ2) is 9.03. The number of hydrogen-bond acceptors (Lipinski definition) is 2. The van der Waals surface area contributed by atoms with Gasteiger partial charge in [0.05, 0.1) is 12.5 Å². The molecule has 3 aromatic rings. The maximum absolute atomic E-state index is 13.0. The van der Waals surface area contributed by atoms with Crippen molar-refractivity contribution in [3.8, 4) is 0 Å². The van der Waals surface area contributed by atoms with Crippen molar-refractivity contribution in [3.63, 3.8) is 0 Å². The SMILES string of the molecule is [C-]#[N+]c1ccc(CCCC(=O)O)c(NC(=O)C(C)c2cccc3ccccc23)c1. The van der Waals surface area contributed by atoms with Crippen molar-refractivity contribution >= 4 is 34.0 Å². The van der Waals surface area contributed by atoms with E-state index in [0.29, 0.717) is 24.2 Å². The molecule has 0 saturated carbocycles. The van der Waals surface area contributed by atoms with Gasteiger partial charge in [0.25, 0.3) is 0 Å².